The van der Waals surface area contributed by atoms with Gasteiger partial charge in [0.15, 0.2) is 5.78 Å². The van der Waals surface area contributed by atoms with Crippen molar-refractivity contribution in [3.63, 3.8) is 0 Å². The van der Waals surface area contributed by atoms with Crippen molar-refractivity contribution in [2.75, 3.05) is 23.3 Å². The van der Waals surface area contributed by atoms with Gasteiger partial charge in [0.05, 0.1) is 5.33 Å². The molecule has 0 aliphatic carbocycles. The number of halogens is 1. The predicted octanol–water partition coefficient (Wildman–Crippen LogP) is 3.32. The van der Waals surface area contributed by atoms with Crippen molar-refractivity contribution in [1.29, 1.82) is 0 Å². The van der Waals surface area contributed by atoms with Gasteiger partial charge in [-0.15, -0.1) is 0 Å². The number of carbonyl (C=O) groups is 2. The van der Waals surface area contributed by atoms with E-state index in [0.29, 0.717) is 5.33 Å². The summed E-state index contributed by atoms with van der Waals surface area (Å²) < 4.78 is 0. The van der Waals surface area contributed by atoms with Gasteiger partial charge in [-0.3, -0.25) is 4.79 Å². The van der Waals surface area contributed by atoms with Crippen molar-refractivity contribution in [2.45, 2.75) is 20.8 Å². The Bertz CT molecular complexity index is 359. The number of nitrogens with zero attached hydrogens (tertiary/aromatic N) is 1. The first-order valence-electron chi connectivity index (χ1n) is 5.98. The summed E-state index contributed by atoms with van der Waals surface area (Å²) in [7, 11) is 0. The van der Waals surface area contributed by atoms with E-state index in [4.69, 9.17) is 4.79 Å². The van der Waals surface area contributed by atoms with Crippen molar-refractivity contribution in [3.05, 3.63) is 29.8 Å². The molecule has 1 aromatic rings. The Morgan fingerprint density at radius 3 is 2.00 bits per heavy atom. The van der Waals surface area contributed by atoms with E-state index >= 15 is 0 Å². The third kappa shape index (κ3) is 5.45. The lowest BCUT2D eigenvalue weighted by atomic mass is 10.1. The average Bonchev–Trinajstić information content (AvgIpc) is 2.41. The minimum atomic E-state index is 0.126. The zero-order chi connectivity index (χ0) is 14.0. The molecule has 100 valence electrons. The number of aldehydes is 1. The van der Waals surface area contributed by atoms with Gasteiger partial charge in [-0.25, -0.2) is 0 Å². The number of anilines is 1. The van der Waals surface area contributed by atoms with Crippen LogP contribution in [0.3, 0.4) is 0 Å². The smallest absolute Gasteiger partial charge is 0.173 e. The van der Waals surface area contributed by atoms with Crippen LogP contribution < -0.4 is 4.90 Å². The van der Waals surface area contributed by atoms with Crippen LogP contribution in [-0.4, -0.2) is 30.5 Å². The molecule has 0 heterocycles. The highest BCUT2D eigenvalue weighted by atomic mass is 79.9. The van der Waals surface area contributed by atoms with Crippen molar-refractivity contribution in [1.82, 2.24) is 0 Å². The maximum atomic E-state index is 11.4. The van der Waals surface area contributed by atoms with E-state index in [1.165, 1.54) is 12.6 Å². The van der Waals surface area contributed by atoms with Crippen LogP contribution in [0.1, 0.15) is 31.1 Å². The van der Waals surface area contributed by atoms with Crippen LogP contribution >= 0.6 is 15.9 Å². The van der Waals surface area contributed by atoms with Crippen LogP contribution in [0.5, 0.6) is 0 Å². The normalized spacial score (nSPS) is 9.11. The van der Waals surface area contributed by atoms with Crippen LogP contribution in [0.15, 0.2) is 24.3 Å². The van der Waals surface area contributed by atoms with Crippen LogP contribution in [0.4, 0.5) is 5.69 Å². The van der Waals surface area contributed by atoms with Gasteiger partial charge in [-0.1, -0.05) is 15.9 Å². The van der Waals surface area contributed by atoms with E-state index in [-0.39, 0.29) is 5.78 Å². The van der Waals surface area contributed by atoms with E-state index < -0.39 is 0 Å². The summed E-state index contributed by atoms with van der Waals surface area (Å²) >= 11 is 3.17. The fraction of sp³-hybridized carbons (Fsp3) is 0.429. The van der Waals surface area contributed by atoms with Gasteiger partial charge in [-0.05, 0) is 45.0 Å². The molecule has 1 rings (SSSR count). The molecule has 0 amide bonds. The molecular formula is C14H20BrNO2. The third-order valence-electron chi connectivity index (χ3n) is 2.44. The molecule has 18 heavy (non-hydrogen) atoms. The van der Waals surface area contributed by atoms with Gasteiger partial charge in [0.25, 0.3) is 0 Å². The Labute approximate surface area is 117 Å². The van der Waals surface area contributed by atoms with E-state index in [0.717, 1.165) is 24.9 Å². The van der Waals surface area contributed by atoms with Crippen LogP contribution in [0.2, 0.25) is 0 Å². The maximum Gasteiger partial charge on any atom is 0.173 e. The summed E-state index contributed by atoms with van der Waals surface area (Å²) in [6.07, 6.45) is 0.750. The predicted molar refractivity (Wildman–Crippen MR) is 79.9 cm³/mol. The number of hydrogen-bond donors (Lipinski definition) is 0. The lowest BCUT2D eigenvalue weighted by Crippen LogP contribution is -2.21. The van der Waals surface area contributed by atoms with E-state index in [1.807, 2.05) is 24.3 Å². The largest absolute Gasteiger partial charge is 0.372 e. The Morgan fingerprint density at radius 2 is 1.67 bits per heavy atom. The SMILES string of the molecule is CC=O.CCN(CC)c1ccc(C(=O)CBr)cc1. The highest BCUT2D eigenvalue weighted by molar-refractivity contribution is 9.09. The maximum absolute atomic E-state index is 11.4. The molecular weight excluding hydrogens is 294 g/mol. The van der Waals surface area contributed by atoms with Crippen molar-refractivity contribution in [2.24, 2.45) is 0 Å². The topological polar surface area (TPSA) is 37.4 Å². The van der Waals surface area contributed by atoms with Crippen LogP contribution in [0.25, 0.3) is 0 Å². The van der Waals surface area contributed by atoms with E-state index in [1.54, 1.807) is 0 Å². The highest BCUT2D eigenvalue weighted by Gasteiger charge is 2.05. The lowest BCUT2D eigenvalue weighted by Gasteiger charge is -2.20. The fourth-order valence-electron chi connectivity index (χ4n) is 1.52. The number of rotatable bonds is 5. The molecule has 0 saturated carbocycles. The van der Waals surface area contributed by atoms with Crippen LogP contribution in [-0.2, 0) is 4.79 Å². The van der Waals surface area contributed by atoms with Gasteiger partial charge in [0.1, 0.15) is 6.29 Å². The monoisotopic (exact) mass is 313 g/mol. The van der Waals surface area contributed by atoms with E-state index in [9.17, 15) is 4.79 Å². The Balaban J connectivity index is 0.000000873. The summed E-state index contributed by atoms with van der Waals surface area (Å²) in [5, 5.41) is 0.387. The zero-order valence-electron chi connectivity index (χ0n) is 11.1. The quantitative estimate of drug-likeness (QED) is 0.475. The lowest BCUT2D eigenvalue weighted by molar-refractivity contribution is -0.106. The number of hydrogen-bond acceptors (Lipinski definition) is 3. The Hall–Kier alpha value is -1.16. The molecule has 0 spiro atoms. The second kappa shape index (κ2) is 9.83. The number of alkyl halides is 1. The fourth-order valence-corrected chi connectivity index (χ4v) is 1.85. The molecule has 0 saturated heterocycles. The molecule has 1 aromatic carbocycles. The van der Waals surface area contributed by atoms with Crippen molar-refractivity contribution < 1.29 is 9.59 Å². The summed E-state index contributed by atoms with van der Waals surface area (Å²) in [4.78, 5) is 22.4. The van der Waals surface area contributed by atoms with Crippen molar-refractivity contribution in [3.8, 4) is 0 Å². The third-order valence-corrected chi connectivity index (χ3v) is 2.95. The molecule has 0 N–H and O–H groups in total. The Kier molecular flexibility index (Phi) is 9.19. The van der Waals surface area contributed by atoms with Gasteiger partial charge in [0.2, 0.25) is 0 Å². The zero-order valence-corrected chi connectivity index (χ0v) is 12.7. The van der Waals surface area contributed by atoms with Gasteiger partial charge in [-0.2, -0.15) is 0 Å². The minimum Gasteiger partial charge on any atom is -0.372 e. The molecule has 4 heteroatoms. The molecule has 0 atom stereocenters. The molecule has 0 unspecified atom stereocenters. The standard InChI is InChI=1S/C12H16BrNO.C2H4O/c1-3-14(4-2)11-7-5-10(6-8-11)12(15)9-13;1-2-3/h5-8H,3-4,9H2,1-2H3;2H,1H3. The highest BCUT2D eigenvalue weighted by Crippen LogP contribution is 2.15. The van der Waals surface area contributed by atoms with Crippen molar-refractivity contribution >= 4 is 33.7 Å². The molecule has 0 fully saturated rings. The first kappa shape index (κ1) is 16.8. The number of carbonyl (C=O) groups excluding carboxylic acids is 2. The molecule has 0 bridgehead atoms. The summed E-state index contributed by atoms with van der Waals surface area (Å²) in [6, 6.07) is 7.78. The molecule has 3 nitrogen and oxygen atoms in total. The average molecular weight is 314 g/mol. The summed E-state index contributed by atoms with van der Waals surface area (Å²) in [5.74, 6) is 0.126. The van der Waals surface area contributed by atoms with Gasteiger partial charge < -0.3 is 9.69 Å². The number of Topliss-reactive ketones (excluding diaryl/α,β-unsaturated/α-hetero) is 1. The second-order valence-electron chi connectivity index (χ2n) is 3.51. The van der Waals surface area contributed by atoms with E-state index in [2.05, 4.69) is 34.7 Å². The first-order chi connectivity index (χ1) is 8.64. The molecule has 0 radical (unpaired) electrons. The molecule has 0 aliphatic rings. The first-order valence-corrected chi connectivity index (χ1v) is 7.10. The number of benzene rings is 1. The second-order valence-corrected chi connectivity index (χ2v) is 4.07. The molecule has 0 aromatic heterocycles. The summed E-state index contributed by atoms with van der Waals surface area (Å²) in [5.41, 5.74) is 1.94. The van der Waals surface area contributed by atoms with Crippen LogP contribution in [0, 0.1) is 0 Å². The van der Waals surface area contributed by atoms with Gasteiger partial charge >= 0.3 is 0 Å². The summed E-state index contributed by atoms with van der Waals surface area (Å²) in [6.45, 7) is 7.67. The Morgan fingerprint density at radius 1 is 1.22 bits per heavy atom. The minimum absolute atomic E-state index is 0.126. The molecule has 0 aliphatic heterocycles. The number of ketones is 1. The van der Waals surface area contributed by atoms with Gasteiger partial charge in [0, 0.05) is 24.3 Å².